The van der Waals surface area contributed by atoms with Crippen LogP contribution < -0.4 is 15.5 Å². The van der Waals surface area contributed by atoms with Gasteiger partial charge in [0, 0.05) is 64.0 Å². The number of β-amino-alcohol motifs (C(OH)–C–C–N with tert-alkyl or cyclic N) is 1. The van der Waals surface area contributed by atoms with Crippen molar-refractivity contribution in [3.63, 3.8) is 0 Å². The van der Waals surface area contributed by atoms with Crippen LogP contribution in [-0.4, -0.2) is 123 Å². The van der Waals surface area contributed by atoms with Gasteiger partial charge >= 0.3 is 0 Å². The van der Waals surface area contributed by atoms with Crippen LogP contribution in [0.2, 0.25) is 0 Å². The number of benzene rings is 1. The molecule has 1 saturated heterocycles. The summed E-state index contributed by atoms with van der Waals surface area (Å²) in [5.41, 5.74) is 1.36. The summed E-state index contributed by atoms with van der Waals surface area (Å²) < 4.78 is 1.82. The van der Waals surface area contributed by atoms with E-state index in [1.54, 1.807) is 28.9 Å². The molecule has 3 amide bonds. The summed E-state index contributed by atoms with van der Waals surface area (Å²) in [6, 6.07) is 12.1. The molecule has 49 heavy (non-hydrogen) atoms. The molecule has 0 saturated carbocycles. The van der Waals surface area contributed by atoms with Crippen molar-refractivity contribution in [2.45, 2.75) is 51.7 Å². The number of aliphatic hydroxyl groups excluding tert-OH is 1. The first-order chi connectivity index (χ1) is 23.8. The number of amides is 3. The first-order valence-electron chi connectivity index (χ1n) is 17.2. The summed E-state index contributed by atoms with van der Waals surface area (Å²) in [6.07, 6.45) is 4.79. The Morgan fingerprint density at radius 3 is 2.49 bits per heavy atom. The van der Waals surface area contributed by atoms with E-state index >= 15 is 0 Å². The van der Waals surface area contributed by atoms with Crippen molar-refractivity contribution >= 4 is 35.3 Å². The van der Waals surface area contributed by atoms with Gasteiger partial charge in [-0.3, -0.25) is 19.3 Å². The molecule has 2 atom stereocenters. The summed E-state index contributed by atoms with van der Waals surface area (Å²) in [7, 11) is 0. The molecule has 2 aromatic heterocycles. The number of nitrogens with one attached hydrogen (secondary N) is 2. The van der Waals surface area contributed by atoms with Gasteiger partial charge in [0.2, 0.25) is 11.8 Å². The zero-order valence-corrected chi connectivity index (χ0v) is 29.6. The predicted octanol–water partition coefficient (Wildman–Crippen LogP) is 2.44. The van der Waals surface area contributed by atoms with Crippen molar-refractivity contribution in [2.24, 2.45) is 5.92 Å². The standard InChI is InChI=1S/C35H49N9O4S/c1-25(2)30-33-39-31(26-9-5-4-6-10-26)40-44(33)21-20-43(15-8-12-29(46)37-28(13-24-49-3)34(47)38-30)35(48)27-11-7-14-36-32(27)42-18-16-41(17-19-42)22-23-45/h4-7,9-11,14,25,28,30,45H,8,12-13,15-24H2,1-3H3,(H,37,46)(H,38,47)/t28-,30+/m0/s1. The van der Waals surface area contributed by atoms with Gasteiger partial charge in [-0.2, -0.15) is 16.9 Å². The predicted molar refractivity (Wildman–Crippen MR) is 191 cm³/mol. The average molecular weight is 692 g/mol. The molecule has 2 aliphatic rings. The van der Waals surface area contributed by atoms with Crippen LogP contribution >= 0.6 is 11.8 Å². The number of piperazine rings is 1. The fraction of sp³-hybridized carbons (Fsp3) is 0.543. The number of aromatic nitrogens is 4. The van der Waals surface area contributed by atoms with Gasteiger partial charge < -0.3 is 25.5 Å². The summed E-state index contributed by atoms with van der Waals surface area (Å²) in [4.78, 5) is 56.9. The number of nitrogens with zero attached hydrogens (tertiary/aromatic N) is 7. The molecule has 5 rings (SSSR count). The van der Waals surface area contributed by atoms with Gasteiger partial charge in [0.1, 0.15) is 11.9 Å². The normalized spacial score (nSPS) is 20.0. The van der Waals surface area contributed by atoms with E-state index in [1.165, 1.54) is 0 Å². The van der Waals surface area contributed by atoms with Gasteiger partial charge in [-0.1, -0.05) is 44.2 Å². The Kier molecular flexibility index (Phi) is 13.0. The number of hydrogen-bond acceptors (Lipinski definition) is 10. The molecule has 1 aromatic carbocycles. The van der Waals surface area contributed by atoms with E-state index < -0.39 is 12.1 Å². The lowest BCUT2D eigenvalue weighted by atomic mass is 10.0. The van der Waals surface area contributed by atoms with Crippen LogP contribution in [0.15, 0.2) is 48.7 Å². The fourth-order valence-corrected chi connectivity index (χ4v) is 6.76. The second-order valence-electron chi connectivity index (χ2n) is 12.8. The van der Waals surface area contributed by atoms with Gasteiger partial charge in [-0.05, 0) is 42.9 Å². The SMILES string of the molecule is CSCC[C@@H]1NC(=O)CCCN(C(=O)c2cccnc2N2CCN(CCO)CC2)CCn2nc(-c3ccccc3)nc2[C@@H](C(C)C)NC1=O. The lowest BCUT2D eigenvalue weighted by Crippen LogP contribution is -2.49. The van der Waals surface area contributed by atoms with E-state index in [9.17, 15) is 19.5 Å². The third-order valence-corrected chi connectivity index (χ3v) is 9.69. The zero-order valence-electron chi connectivity index (χ0n) is 28.8. The molecule has 1 fully saturated rings. The maximum Gasteiger partial charge on any atom is 0.257 e. The first kappa shape index (κ1) is 36.3. The van der Waals surface area contributed by atoms with Crippen LogP contribution in [0.4, 0.5) is 5.82 Å². The molecule has 3 aromatic rings. The van der Waals surface area contributed by atoms with Crippen LogP contribution in [-0.2, 0) is 16.1 Å². The molecule has 14 heteroatoms. The third kappa shape index (κ3) is 9.37. The van der Waals surface area contributed by atoms with E-state index in [0.29, 0.717) is 80.9 Å². The Hall–Kier alpha value is -4.01. The minimum Gasteiger partial charge on any atom is -0.395 e. The minimum absolute atomic E-state index is 0.0335. The molecule has 0 spiro atoms. The Bertz CT molecular complexity index is 1540. The van der Waals surface area contributed by atoms with Crippen LogP contribution in [0.1, 0.15) is 55.3 Å². The number of aliphatic hydroxyl groups is 1. The maximum absolute atomic E-state index is 14.4. The molecule has 0 unspecified atom stereocenters. The highest BCUT2D eigenvalue weighted by molar-refractivity contribution is 7.98. The van der Waals surface area contributed by atoms with Gasteiger partial charge in [-0.15, -0.1) is 0 Å². The van der Waals surface area contributed by atoms with E-state index in [0.717, 1.165) is 18.7 Å². The van der Waals surface area contributed by atoms with Crippen LogP contribution in [0, 0.1) is 5.92 Å². The lowest BCUT2D eigenvalue weighted by molar-refractivity contribution is -0.129. The van der Waals surface area contributed by atoms with Gasteiger partial charge in [0.25, 0.3) is 5.91 Å². The highest BCUT2D eigenvalue weighted by atomic mass is 32.2. The number of carbonyl (C=O) groups excluding carboxylic acids is 3. The van der Waals surface area contributed by atoms with Crippen molar-refractivity contribution < 1.29 is 19.5 Å². The second-order valence-corrected chi connectivity index (χ2v) is 13.8. The highest BCUT2D eigenvalue weighted by Crippen LogP contribution is 2.26. The number of carbonyl (C=O) groups is 3. The van der Waals surface area contributed by atoms with E-state index in [-0.39, 0.29) is 36.7 Å². The fourth-order valence-electron chi connectivity index (χ4n) is 6.28. The van der Waals surface area contributed by atoms with Gasteiger partial charge in [0.15, 0.2) is 11.6 Å². The van der Waals surface area contributed by atoms with Crippen LogP contribution in [0.25, 0.3) is 11.4 Å². The first-order valence-corrected chi connectivity index (χ1v) is 18.6. The Balaban J connectivity index is 1.48. The number of anilines is 1. The van der Waals surface area contributed by atoms with E-state index in [1.807, 2.05) is 61.2 Å². The molecular weight excluding hydrogens is 643 g/mol. The zero-order chi connectivity index (χ0) is 34.8. The summed E-state index contributed by atoms with van der Waals surface area (Å²) >= 11 is 1.62. The Labute approximate surface area is 292 Å². The van der Waals surface area contributed by atoms with Crippen molar-refractivity contribution in [1.82, 2.24) is 40.2 Å². The van der Waals surface area contributed by atoms with E-state index in [2.05, 4.69) is 25.4 Å². The smallest absolute Gasteiger partial charge is 0.257 e. The molecule has 4 heterocycles. The summed E-state index contributed by atoms with van der Waals surface area (Å²) in [6.45, 7) is 8.72. The van der Waals surface area contributed by atoms with Crippen LogP contribution in [0.3, 0.4) is 0 Å². The molecule has 3 N–H and O–H groups in total. The largest absolute Gasteiger partial charge is 0.395 e. The van der Waals surface area contributed by atoms with Crippen molar-refractivity contribution in [1.29, 1.82) is 0 Å². The number of pyridine rings is 1. The third-order valence-electron chi connectivity index (χ3n) is 9.04. The molecule has 0 aliphatic carbocycles. The lowest BCUT2D eigenvalue weighted by Gasteiger charge is -2.36. The Morgan fingerprint density at radius 2 is 1.78 bits per heavy atom. The molecule has 2 aliphatic heterocycles. The summed E-state index contributed by atoms with van der Waals surface area (Å²) in [5.74, 6) is 1.84. The molecule has 264 valence electrons. The molecule has 0 bridgehead atoms. The van der Waals surface area contributed by atoms with Crippen molar-refractivity contribution in [3.05, 3.63) is 60.0 Å². The average Bonchev–Trinajstić information content (AvgIpc) is 3.54. The molecule has 13 nitrogen and oxygen atoms in total. The van der Waals surface area contributed by atoms with Gasteiger partial charge in [-0.25, -0.2) is 14.6 Å². The summed E-state index contributed by atoms with van der Waals surface area (Å²) in [5, 5.41) is 20.4. The maximum atomic E-state index is 14.4. The molecular formula is C35H49N9O4S. The van der Waals surface area contributed by atoms with Gasteiger partial charge in [0.05, 0.1) is 24.8 Å². The number of rotatable bonds is 9. The minimum atomic E-state index is -0.692. The number of hydrogen-bond donors (Lipinski definition) is 3. The van der Waals surface area contributed by atoms with Crippen LogP contribution in [0.5, 0.6) is 0 Å². The van der Waals surface area contributed by atoms with Crippen molar-refractivity contribution in [2.75, 3.05) is 69.3 Å². The van der Waals surface area contributed by atoms with Crippen molar-refractivity contribution in [3.8, 4) is 11.4 Å². The topological polar surface area (TPSA) is 149 Å². The number of fused-ring (bicyclic) bond motifs is 1. The second kappa shape index (κ2) is 17.6. The molecule has 0 radical (unpaired) electrons. The van der Waals surface area contributed by atoms with E-state index in [4.69, 9.17) is 10.1 Å². The highest BCUT2D eigenvalue weighted by Gasteiger charge is 2.31. The number of thioether (sulfide) groups is 1. The Morgan fingerprint density at radius 1 is 1.00 bits per heavy atom. The quantitative estimate of drug-likeness (QED) is 0.306. The monoisotopic (exact) mass is 691 g/mol.